The minimum Gasteiger partial charge on any atom is -0.258 e. The summed E-state index contributed by atoms with van der Waals surface area (Å²) in [4.78, 5) is 8.67. The zero-order valence-corrected chi connectivity index (χ0v) is 16.6. The highest BCUT2D eigenvalue weighted by Gasteiger charge is 2.22. The van der Waals surface area contributed by atoms with Crippen LogP contribution < -0.4 is 0 Å². The molecule has 0 unspecified atom stereocenters. The second-order valence-electron chi connectivity index (χ2n) is 6.64. The van der Waals surface area contributed by atoms with Crippen molar-refractivity contribution in [2.75, 3.05) is 0 Å². The van der Waals surface area contributed by atoms with E-state index in [-0.39, 0.29) is 11.4 Å². The SMILES string of the molecule is Cc1nn2c(C)n[nH]c2c1/N=N/c1c(C#N)c(-c2ccccn2)nn1-c1ccccn1. The highest BCUT2D eigenvalue weighted by Crippen LogP contribution is 2.33. The lowest BCUT2D eigenvalue weighted by atomic mass is 10.2. The van der Waals surface area contributed by atoms with Crippen LogP contribution in [0.3, 0.4) is 0 Å². The lowest BCUT2D eigenvalue weighted by molar-refractivity contribution is 0.841. The maximum absolute atomic E-state index is 9.92. The van der Waals surface area contributed by atoms with Gasteiger partial charge in [-0.15, -0.1) is 10.2 Å². The van der Waals surface area contributed by atoms with Gasteiger partial charge in [0.05, 0.1) is 11.4 Å². The van der Waals surface area contributed by atoms with Gasteiger partial charge in [-0.2, -0.15) is 29.8 Å². The Morgan fingerprint density at radius 1 is 1.00 bits per heavy atom. The highest BCUT2D eigenvalue weighted by atomic mass is 15.4. The van der Waals surface area contributed by atoms with Crippen LogP contribution in [0.15, 0.2) is 59.0 Å². The maximum atomic E-state index is 9.92. The predicted octanol–water partition coefficient (Wildman–Crippen LogP) is 3.60. The molecule has 0 aliphatic heterocycles. The van der Waals surface area contributed by atoms with Crippen molar-refractivity contribution < 1.29 is 0 Å². The Morgan fingerprint density at radius 2 is 1.81 bits per heavy atom. The van der Waals surface area contributed by atoms with E-state index in [1.807, 2.05) is 26.0 Å². The largest absolute Gasteiger partial charge is 0.258 e. The van der Waals surface area contributed by atoms with Crippen molar-refractivity contribution in [3.63, 3.8) is 0 Å². The second-order valence-corrected chi connectivity index (χ2v) is 6.64. The minimum absolute atomic E-state index is 0.245. The summed E-state index contributed by atoms with van der Waals surface area (Å²) in [6, 6.07) is 13.0. The fourth-order valence-electron chi connectivity index (χ4n) is 3.18. The molecule has 0 atom stereocenters. The number of fused-ring (bicyclic) bond motifs is 1. The number of nitriles is 1. The molecule has 1 N–H and O–H groups in total. The van der Waals surface area contributed by atoms with Crippen molar-refractivity contribution in [3.05, 3.63) is 65.9 Å². The molecule has 0 saturated heterocycles. The lowest BCUT2D eigenvalue weighted by Gasteiger charge is -2.01. The quantitative estimate of drug-likeness (QED) is 0.450. The minimum atomic E-state index is 0.245. The van der Waals surface area contributed by atoms with Crippen LogP contribution in [0.25, 0.3) is 22.9 Å². The molecule has 0 aromatic carbocycles. The number of azo groups is 1. The Morgan fingerprint density at radius 3 is 2.52 bits per heavy atom. The van der Waals surface area contributed by atoms with Gasteiger partial charge in [0.2, 0.25) is 0 Å². The van der Waals surface area contributed by atoms with E-state index in [1.54, 1.807) is 41.2 Å². The van der Waals surface area contributed by atoms with Crippen molar-refractivity contribution in [1.82, 2.24) is 39.6 Å². The molecule has 5 heterocycles. The molecule has 0 amide bonds. The Balaban J connectivity index is 1.71. The van der Waals surface area contributed by atoms with E-state index in [9.17, 15) is 5.26 Å². The number of nitrogens with zero attached hydrogens (tertiary/aromatic N) is 10. The molecule has 31 heavy (non-hydrogen) atoms. The lowest BCUT2D eigenvalue weighted by Crippen LogP contribution is -1.98. The first-order valence-electron chi connectivity index (χ1n) is 9.35. The summed E-state index contributed by atoms with van der Waals surface area (Å²) in [5, 5.41) is 34.8. The van der Waals surface area contributed by atoms with E-state index in [1.165, 1.54) is 4.68 Å². The van der Waals surface area contributed by atoms with E-state index < -0.39 is 0 Å². The Labute approximate surface area is 175 Å². The molecule has 5 rings (SSSR count). The zero-order chi connectivity index (χ0) is 21.4. The van der Waals surface area contributed by atoms with Gasteiger partial charge in [-0.1, -0.05) is 12.1 Å². The molecule has 5 aromatic heterocycles. The van der Waals surface area contributed by atoms with E-state index in [0.717, 1.165) is 0 Å². The van der Waals surface area contributed by atoms with Crippen molar-refractivity contribution in [1.29, 1.82) is 5.26 Å². The van der Waals surface area contributed by atoms with Gasteiger partial charge in [-0.3, -0.25) is 10.1 Å². The van der Waals surface area contributed by atoms with Crippen LogP contribution in [0.5, 0.6) is 0 Å². The summed E-state index contributed by atoms with van der Waals surface area (Å²) in [5.74, 6) is 1.45. The first-order chi connectivity index (χ1) is 15.2. The fraction of sp³-hybridized carbons (Fsp3) is 0.100. The Bertz CT molecular complexity index is 1450. The highest BCUT2D eigenvalue weighted by molar-refractivity contribution is 5.71. The number of aromatic amines is 1. The fourth-order valence-corrected chi connectivity index (χ4v) is 3.18. The maximum Gasteiger partial charge on any atom is 0.198 e. The van der Waals surface area contributed by atoms with E-state index >= 15 is 0 Å². The second kappa shape index (κ2) is 7.27. The van der Waals surface area contributed by atoms with Gasteiger partial charge in [0.25, 0.3) is 0 Å². The third kappa shape index (κ3) is 3.03. The summed E-state index contributed by atoms with van der Waals surface area (Å²) >= 11 is 0. The molecule has 0 saturated carbocycles. The van der Waals surface area contributed by atoms with Crippen LogP contribution in [0, 0.1) is 25.2 Å². The molecule has 150 valence electrons. The number of pyridine rings is 2. The summed E-state index contributed by atoms with van der Waals surface area (Å²) in [6.07, 6.45) is 3.29. The van der Waals surface area contributed by atoms with Crippen LogP contribution in [0.1, 0.15) is 17.1 Å². The van der Waals surface area contributed by atoms with E-state index in [4.69, 9.17) is 0 Å². The average molecular weight is 409 g/mol. The number of rotatable bonds is 4. The van der Waals surface area contributed by atoms with Crippen molar-refractivity contribution in [3.8, 4) is 23.3 Å². The topological polar surface area (TPSA) is 138 Å². The number of aryl methyl sites for hydroxylation is 2. The molecular weight excluding hydrogens is 394 g/mol. The predicted molar refractivity (Wildman–Crippen MR) is 110 cm³/mol. The molecule has 0 aliphatic carbocycles. The molecule has 11 heteroatoms. The summed E-state index contributed by atoms with van der Waals surface area (Å²) in [5.41, 5.74) is 3.02. The van der Waals surface area contributed by atoms with Crippen molar-refractivity contribution >= 4 is 17.2 Å². The molecule has 5 aromatic rings. The number of hydrogen-bond acceptors (Lipinski definition) is 8. The first-order valence-corrected chi connectivity index (χ1v) is 9.35. The first kappa shape index (κ1) is 18.3. The van der Waals surface area contributed by atoms with E-state index in [0.29, 0.717) is 40.1 Å². The number of nitrogens with one attached hydrogen (secondary N) is 1. The normalized spacial score (nSPS) is 11.4. The van der Waals surface area contributed by atoms with Gasteiger partial charge in [-0.25, -0.2) is 4.98 Å². The van der Waals surface area contributed by atoms with Crippen LogP contribution in [0.4, 0.5) is 11.5 Å². The number of aromatic nitrogens is 8. The van der Waals surface area contributed by atoms with Gasteiger partial charge in [0.1, 0.15) is 23.2 Å². The Hall–Kier alpha value is -4.72. The molecular formula is C20H15N11. The molecule has 11 nitrogen and oxygen atoms in total. The summed E-state index contributed by atoms with van der Waals surface area (Å²) in [6.45, 7) is 3.66. The van der Waals surface area contributed by atoms with Gasteiger partial charge in [0.15, 0.2) is 23.0 Å². The molecule has 0 bridgehead atoms. The van der Waals surface area contributed by atoms with Gasteiger partial charge >= 0.3 is 0 Å². The monoisotopic (exact) mass is 409 g/mol. The summed E-state index contributed by atoms with van der Waals surface area (Å²) < 4.78 is 3.14. The van der Waals surface area contributed by atoms with Crippen LogP contribution in [-0.4, -0.2) is 39.6 Å². The third-order valence-corrected chi connectivity index (χ3v) is 4.65. The van der Waals surface area contributed by atoms with Gasteiger partial charge in [0, 0.05) is 12.4 Å². The molecule has 0 spiro atoms. The van der Waals surface area contributed by atoms with Crippen LogP contribution in [0.2, 0.25) is 0 Å². The van der Waals surface area contributed by atoms with Gasteiger partial charge in [-0.05, 0) is 38.1 Å². The van der Waals surface area contributed by atoms with Crippen molar-refractivity contribution in [2.45, 2.75) is 13.8 Å². The van der Waals surface area contributed by atoms with E-state index in [2.05, 4.69) is 46.7 Å². The average Bonchev–Trinajstić information content (AvgIpc) is 3.45. The van der Waals surface area contributed by atoms with Crippen molar-refractivity contribution in [2.24, 2.45) is 10.2 Å². The summed E-state index contributed by atoms with van der Waals surface area (Å²) in [7, 11) is 0. The van der Waals surface area contributed by atoms with Crippen LogP contribution in [-0.2, 0) is 0 Å². The number of hydrogen-bond donors (Lipinski definition) is 1. The molecule has 0 radical (unpaired) electrons. The van der Waals surface area contributed by atoms with Gasteiger partial charge < -0.3 is 0 Å². The van der Waals surface area contributed by atoms with Crippen LogP contribution >= 0.6 is 0 Å². The third-order valence-electron chi connectivity index (χ3n) is 4.65. The number of H-pyrrole nitrogens is 1. The molecule has 0 aliphatic rings. The molecule has 0 fully saturated rings. The standard InChI is InChI=1S/C20H15N11/c1-12-17(20-27-24-13(2)30(20)28-12)25-26-19-14(11-21)18(15-7-3-5-9-22-15)29-31(19)16-8-4-6-10-23-16/h3-10,27H,1-2H3/b26-25+. The zero-order valence-electron chi connectivity index (χ0n) is 16.6. The smallest absolute Gasteiger partial charge is 0.198 e. The Kier molecular flexibility index (Phi) is 4.30.